The van der Waals surface area contributed by atoms with Crippen molar-refractivity contribution in [1.82, 2.24) is 5.32 Å². The first-order valence-corrected chi connectivity index (χ1v) is 6.40. The molecule has 0 saturated carbocycles. The maximum Gasteiger partial charge on any atom is 0.402 e. The predicted molar refractivity (Wildman–Crippen MR) is 68.3 cm³/mol. The number of alkyl halides is 6. The molecule has 1 nitrogen and oxygen atoms in total. The van der Waals surface area contributed by atoms with Gasteiger partial charge >= 0.3 is 12.4 Å². The molecule has 1 rings (SSSR count). The molecule has 0 aliphatic heterocycles. The monoisotopic (exact) mass is 333 g/mol. The molecule has 0 aromatic heterocycles. The molecule has 0 bridgehead atoms. The Morgan fingerprint density at radius 1 is 1.10 bits per heavy atom. The van der Waals surface area contributed by atoms with Crippen molar-refractivity contribution in [2.45, 2.75) is 31.7 Å². The summed E-state index contributed by atoms with van der Waals surface area (Å²) in [5, 5.41) is 2.26. The van der Waals surface area contributed by atoms with E-state index in [2.05, 4.69) is 5.32 Å². The first kappa shape index (κ1) is 18.1. The molecule has 1 aromatic rings. The Labute approximate surface area is 123 Å². The van der Waals surface area contributed by atoms with Crippen LogP contribution in [-0.2, 0) is 6.42 Å². The summed E-state index contributed by atoms with van der Waals surface area (Å²) in [4.78, 5) is 0. The van der Waals surface area contributed by atoms with Crippen LogP contribution in [0.1, 0.15) is 11.1 Å². The number of hydrogen-bond donors (Lipinski definition) is 1. The standard InChI is InChI=1S/C13H14ClF6N/c1-7-3-4-8(9(14)5-7)6-10(21-2)11(12(15,16)17)13(18,19)20/h3-5,10-11,21H,6H2,1-2H3. The SMILES string of the molecule is CNC(Cc1ccc(C)cc1Cl)C(C(F)(F)F)C(F)(F)F. The van der Waals surface area contributed by atoms with Gasteiger partial charge in [-0.25, -0.2) is 0 Å². The highest BCUT2D eigenvalue weighted by atomic mass is 35.5. The van der Waals surface area contributed by atoms with E-state index in [4.69, 9.17) is 11.6 Å². The number of benzene rings is 1. The molecular weight excluding hydrogens is 320 g/mol. The van der Waals surface area contributed by atoms with Crippen molar-refractivity contribution in [2.75, 3.05) is 7.05 Å². The summed E-state index contributed by atoms with van der Waals surface area (Å²) in [5.74, 6) is -3.45. The zero-order valence-corrected chi connectivity index (χ0v) is 12.0. The zero-order valence-electron chi connectivity index (χ0n) is 11.2. The molecule has 1 atom stereocenters. The highest BCUT2D eigenvalue weighted by Crippen LogP contribution is 2.42. The number of hydrogen-bond acceptors (Lipinski definition) is 1. The van der Waals surface area contributed by atoms with Gasteiger partial charge in [0.15, 0.2) is 5.92 Å². The molecule has 8 heteroatoms. The lowest BCUT2D eigenvalue weighted by atomic mass is 9.92. The molecule has 0 aliphatic rings. The maximum atomic E-state index is 12.7. The number of halogens is 7. The van der Waals surface area contributed by atoms with Gasteiger partial charge < -0.3 is 5.32 Å². The lowest BCUT2D eigenvalue weighted by molar-refractivity contribution is -0.291. The molecule has 0 saturated heterocycles. The fourth-order valence-electron chi connectivity index (χ4n) is 2.08. The van der Waals surface area contributed by atoms with Gasteiger partial charge in [-0.05, 0) is 37.6 Å². The van der Waals surface area contributed by atoms with Crippen LogP contribution in [0.15, 0.2) is 18.2 Å². The van der Waals surface area contributed by atoms with Gasteiger partial charge in [-0.3, -0.25) is 0 Å². The van der Waals surface area contributed by atoms with Crippen LogP contribution in [0.5, 0.6) is 0 Å². The molecule has 120 valence electrons. The highest BCUT2D eigenvalue weighted by Gasteiger charge is 2.59. The largest absolute Gasteiger partial charge is 0.402 e. The molecule has 0 radical (unpaired) electrons. The minimum atomic E-state index is -5.39. The van der Waals surface area contributed by atoms with Crippen molar-refractivity contribution in [3.63, 3.8) is 0 Å². The molecule has 0 fully saturated rings. The fraction of sp³-hybridized carbons (Fsp3) is 0.538. The van der Waals surface area contributed by atoms with E-state index in [0.29, 0.717) is 0 Å². The van der Waals surface area contributed by atoms with Crippen LogP contribution in [0, 0.1) is 12.8 Å². The van der Waals surface area contributed by atoms with Gasteiger partial charge in [0.2, 0.25) is 0 Å². The smallest absolute Gasteiger partial charge is 0.316 e. The molecule has 0 aliphatic carbocycles. The van der Waals surface area contributed by atoms with E-state index < -0.39 is 30.7 Å². The Hall–Kier alpha value is -0.950. The number of likely N-dealkylation sites (N-methyl/N-ethyl adjacent to an activating group) is 1. The third-order valence-electron chi connectivity index (χ3n) is 3.13. The van der Waals surface area contributed by atoms with E-state index in [1.807, 2.05) is 0 Å². The van der Waals surface area contributed by atoms with Gasteiger partial charge in [0.05, 0.1) is 0 Å². The van der Waals surface area contributed by atoms with Crippen molar-refractivity contribution in [2.24, 2.45) is 5.92 Å². The van der Waals surface area contributed by atoms with Crippen LogP contribution in [0.3, 0.4) is 0 Å². The second-order valence-electron chi connectivity index (χ2n) is 4.76. The normalized spacial score (nSPS) is 14.6. The predicted octanol–water partition coefficient (Wildman–Crippen LogP) is 4.52. The quantitative estimate of drug-likeness (QED) is 0.799. The van der Waals surface area contributed by atoms with Gasteiger partial charge in [-0.15, -0.1) is 0 Å². The first-order valence-electron chi connectivity index (χ1n) is 6.02. The molecule has 1 N–H and O–H groups in total. The van der Waals surface area contributed by atoms with Crippen LogP contribution >= 0.6 is 11.6 Å². The summed E-state index contributed by atoms with van der Waals surface area (Å²) < 4.78 is 76.4. The van der Waals surface area contributed by atoms with E-state index in [0.717, 1.165) is 12.6 Å². The molecule has 0 heterocycles. The molecule has 0 amide bonds. The summed E-state index contributed by atoms with van der Waals surface area (Å²) in [5.41, 5.74) is 1.01. The van der Waals surface area contributed by atoms with Gasteiger partial charge in [0.1, 0.15) is 0 Å². The summed E-state index contributed by atoms with van der Waals surface area (Å²) >= 11 is 5.87. The maximum absolute atomic E-state index is 12.7. The van der Waals surface area contributed by atoms with Gasteiger partial charge in [0.25, 0.3) is 0 Å². The third-order valence-corrected chi connectivity index (χ3v) is 3.48. The van der Waals surface area contributed by atoms with E-state index in [1.165, 1.54) is 12.1 Å². The third kappa shape index (κ3) is 4.78. The average Bonchev–Trinajstić information content (AvgIpc) is 2.27. The van der Waals surface area contributed by atoms with Crippen molar-refractivity contribution in [3.05, 3.63) is 34.3 Å². The number of aryl methyl sites for hydroxylation is 1. The van der Waals surface area contributed by atoms with Crippen LogP contribution < -0.4 is 5.32 Å². The second kappa shape index (κ2) is 6.44. The molecule has 0 spiro atoms. The minimum absolute atomic E-state index is 0.151. The summed E-state index contributed by atoms with van der Waals surface area (Å²) in [7, 11) is 1.07. The molecule has 1 aromatic carbocycles. The fourth-order valence-corrected chi connectivity index (χ4v) is 2.40. The number of rotatable bonds is 4. The van der Waals surface area contributed by atoms with E-state index in [9.17, 15) is 26.3 Å². The Kier molecular flexibility index (Phi) is 5.55. The van der Waals surface area contributed by atoms with Crippen molar-refractivity contribution < 1.29 is 26.3 Å². The Morgan fingerprint density at radius 3 is 2.00 bits per heavy atom. The Morgan fingerprint density at radius 2 is 1.62 bits per heavy atom. The van der Waals surface area contributed by atoms with Gasteiger partial charge in [0, 0.05) is 11.1 Å². The van der Waals surface area contributed by atoms with Gasteiger partial charge in [-0.2, -0.15) is 26.3 Å². The van der Waals surface area contributed by atoms with Crippen molar-refractivity contribution in [1.29, 1.82) is 0 Å². The minimum Gasteiger partial charge on any atom is -0.316 e. The van der Waals surface area contributed by atoms with Crippen LogP contribution in [0.4, 0.5) is 26.3 Å². The van der Waals surface area contributed by atoms with E-state index in [1.54, 1.807) is 13.0 Å². The summed E-state index contributed by atoms with van der Waals surface area (Å²) in [6, 6.07) is 2.68. The van der Waals surface area contributed by atoms with Crippen molar-refractivity contribution in [3.8, 4) is 0 Å². The summed E-state index contributed by atoms with van der Waals surface area (Å²) in [6.45, 7) is 1.72. The molecule has 1 unspecified atom stereocenters. The van der Waals surface area contributed by atoms with Crippen LogP contribution in [0.2, 0.25) is 5.02 Å². The highest BCUT2D eigenvalue weighted by molar-refractivity contribution is 6.31. The number of nitrogens with one attached hydrogen (secondary N) is 1. The van der Waals surface area contributed by atoms with Crippen LogP contribution in [0.25, 0.3) is 0 Å². The molecule has 21 heavy (non-hydrogen) atoms. The Balaban J connectivity index is 3.10. The summed E-state index contributed by atoms with van der Waals surface area (Å²) in [6.07, 6.45) is -11.2. The zero-order chi connectivity index (χ0) is 16.4. The van der Waals surface area contributed by atoms with E-state index in [-0.39, 0.29) is 10.6 Å². The molecular formula is C13H14ClF6N. The lowest BCUT2D eigenvalue weighted by Crippen LogP contribution is -2.51. The second-order valence-corrected chi connectivity index (χ2v) is 5.16. The van der Waals surface area contributed by atoms with Gasteiger partial charge in [-0.1, -0.05) is 23.7 Å². The Bertz CT molecular complexity index is 469. The first-order chi connectivity index (χ1) is 9.46. The van der Waals surface area contributed by atoms with E-state index >= 15 is 0 Å². The van der Waals surface area contributed by atoms with Crippen LogP contribution in [-0.4, -0.2) is 25.4 Å². The topological polar surface area (TPSA) is 12.0 Å². The lowest BCUT2D eigenvalue weighted by Gasteiger charge is -2.30. The van der Waals surface area contributed by atoms with Crippen molar-refractivity contribution >= 4 is 11.6 Å². The average molecular weight is 334 g/mol.